The molecule has 0 aromatic heterocycles. The van der Waals surface area contributed by atoms with E-state index in [2.05, 4.69) is 12.6 Å². The highest BCUT2D eigenvalue weighted by molar-refractivity contribution is 6.09. The van der Waals surface area contributed by atoms with Gasteiger partial charge in [0.25, 0.3) is 11.8 Å². The first-order valence-electron chi connectivity index (χ1n) is 9.31. The molecule has 3 rings (SSSR count). The van der Waals surface area contributed by atoms with Crippen molar-refractivity contribution in [2.45, 2.75) is 18.9 Å². The number of benzene rings is 2. The Morgan fingerprint density at radius 2 is 1.79 bits per heavy atom. The lowest BCUT2D eigenvalue weighted by molar-refractivity contribution is -0.155. The molecule has 1 aliphatic heterocycles. The summed E-state index contributed by atoms with van der Waals surface area (Å²) in [5, 5.41) is 9.46. The van der Waals surface area contributed by atoms with Crippen molar-refractivity contribution in [3.63, 3.8) is 0 Å². The van der Waals surface area contributed by atoms with Gasteiger partial charge in [-0.05, 0) is 30.2 Å². The van der Waals surface area contributed by atoms with Crippen molar-refractivity contribution >= 4 is 24.0 Å². The molecule has 1 fully saturated rings. The summed E-state index contributed by atoms with van der Waals surface area (Å²) in [7, 11) is 3.25. The first kappa shape index (κ1) is 20.1. The molecule has 0 N–H and O–H groups in total. The monoisotopic (exact) mass is 385 g/mol. The molecule has 5 heteroatoms. The van der Waals surface area contributed by atoms with Gasteiger partial charge in [-0.2, -0.15) is 5.26 Å². The van der Waals surface area contributed by atoms with E-state index < -0.39 is 5.54 Å². The van der Waals surface area contributed by atoms with E-state index in [4.69, 9.17) is 0 Å². The summed E-state index contributed by atoms with van der Waals surface area (Å²) in [6.07, 6.45) is 3.65. The Hall–Kier alpha value is -3.65. The maximum absolute atomic E-state index is 13.3. The van der Waals surface area contributed by atoms with Crippen LogP contribution >= 0.6 is 0 Å². The Bertz CT molecular complexity index is 1050. The summed E-state index contributed by atoms with van der Waals surface area (Å²) in [4.78, 5) is 29.5. The number of hydrogen-bond donors (Lipinski definition) is 0. The van der Waals surface area contributed by atoms with E-state index in [-0.39, 0.29) is 17.5 Å². The highest BCUT2D eigenvalue weighted by Gasteiger charge is 2.48. The van der Waals surface area contributed by atoms with Crippen molar-refractivity contribution in [2.75, 3.05) is 14.1 Å². The molecule has 1 atom stereocenters. The van der Waals surface area contributed by atoms with E-state index in [9.17, 15) is 14.9 Å². The lowest BCUT2D eigenvalue weighted by Gasteiger charge is -2.45. The van der Waals surface area contributed by atoms with Gasteiger partial charge in [-0.3, -0.25) is 9.59 Å². The molecular weight excluding hydrogens is 362 g/mol. The number of rotatable bonds is 4. The molecule has 2 aromatic rings. The highest BCUT2D eigenvalue weighted by atomic mass is 16.2. The highest BCUT2D eigenvalue weighted by Crippen LogP contribution is 2.32. The number of hydrogen-bond acceptors (Lipinski definition) is 3. The quantitative estimate of drug-likeness (QED) is 0.757. The summed E-state index contributed by atoms with van der Waals surface area (Å²) >= 11 is 0. The molecular formula is C24H23N3O2. The minimum atomic E-state index is -0.999. The zero-order valence-corrected chi connectivity index (χ0v) is 16.8. The lowest BCUT2D eigenvalue weighted by atomic mass is 9.86. The van der Waals surface area contributed by atoms with Crippen molar-refractivity contribution in [2.24, 2.45) is 0 Å². The molecule has 0 aliphatic carbocycles. The predicted molar refractivity (Wildman–Crippen MR) is 113 cm³/mol. The minimum absolute atomic E-state index is 0.177. The Morgan fingerprint density at radius 3 is 2.41 bits per heavy atom. The van der Waals surface area contributed by atoms with Gasteiger partial charge in [-0.1, -0.05) is 55.1 Å². The van der Waals surface area contributed by atoms with Gasteiger partial charge >= 0.3 is 0 Å². The second kappa shape index (κ2) is 7.76. The number of nitriles is 1. The SMILES string of the molecule is C=Cc1cccc(C#N)c1/C=C1/C(=O)N(C)C(C)(Cc2ccccc2)C(=O)N1C. The molecule has 2 aromatic carbocycles. The fourth-order valence-electron chi connectivity index (χ4n) is 3.66. The molecule has 0 spiro atoms. The summed E-state index contributed by atoms with van der Waals surface area (Å²) in [5.41, 5.74) is 1.93. The maximum atomic E-state index is 13.3. The van der Waals surface area contributed by atoms with Gasteiger partial charge in [0.2, 0.25) is 0 Å². The molecule has 0 radical (unpaired) electrons. The molecule has 2 amide bonds. The third kappa shape index (κ3) is 3.45. The summed E-state index contributed by atoms with van der Waals surface area (Å²) < 4.78 is 0. The average molecular weight is 385 g/mol. The Balaban J connectivity index is 2.06. The van der Waals surface area contributed by atoms with E-state index in [0.29, 0.717) is 17.5 Å². The number of likely N-dealkylation sites (N-methyl/N-ethyl adjacent to an activating group) is 2. The molecule has 1 saturated heterocycles. The first-order chi connectivity index (χ1) is 13.8. The molecule has 0 saturated carbocycles. The van der Waals surface area contributed by atoms with Crippen molar-refractivity contribution in [3.05, 3.63) is 83.1 Å². The zero-order chi connectivity index (χ0) is 21.2. The van der Waals surface area contributed by atoms with Crippen LogP contribution in [0.3, 0.4) is 0 Å². The standard InChI is InChI=1S/C24H23N3O2/c1-5-18-12-9-13-19(16-25)20(18)14-21-22(28)27(4)24(2,23(29)26(21)3)15-17-10-7-6-8-11-17/h5-14H,1,15H2,2-4H3/b21-14-. The van der Waals surface area contributed by atoms with Gasteiger partial charge in [-0.25, -0.2) is 0 Å². The number of carbonyl (C=O) groups is 2. The lowest BCUT2D eigenvalue weighted by Crippen LogP contribution is -2.64. The largest absolute Gasteiger partial charge is 0.326 e. The molecule has 0 bridgehead atoms. The Kier molecular flexibility index (Phi) is 5.38. The van der Waals surface area contributed by atoms with E-state index in [1.54, 1.807) is 45.3 Å². The van der Waals surface area contributed by atoms with Crippen LogP contribution in [0.5, 0.6) is 0 Å². The van der Waals surface area contributed by atoms with Gasteiger partial charge < -0.3 is 9.80 Å². The van der Waals surface area contributed by atoms with Gasteiger partial charge in [0.05, 0.1) is 11.6 Å². The van der Waals surface area contributed by atoms with E-state index in [0.717, 1.165) is 11.1 Å². The van der Waals surface area contributed by atoms with Crippen LogP contribution in [0.15, 0.2) is 60.8 Å². The van der Waals surface area contributed by atoms with Crippen LogP contribution in [0.1, 0.15) is 29.2 Å². The number of piperazine rings is 1. The zero-order valence-electron chi connectivity index (χ0n) is 16.8. The van der Waals surface area contributed by atoms with Gasteiger partial charge in [-0.15, -0.1) is 0 Å². The fourth-order valence-corrected chi connectivity index (χ4v) is 3.66. The van der Waals surface area contributed by atoms with Crippen LogP contribution in [0, 0.1) is 11.3 Å². The number of nitrogens with zero attached hydrogens (tertiary/aromatic N) is 3. The van der Waals surface area contributed by atoms with Crippen LogP contribution in [0.4, 0.5) is 0 Å². The third-order valence-corrected chi connectivity index (χ3v) is 5.54. The van der Waals surface area contributed by atoms with Gasteiger partial charge in [0.1, 0.15) is 11.2 Å². The van der Waals surface area contributed by atoms with Crippen LogP contribution in [-0.2, 0) is 16.0 Å². The summed E-state index contributed by atoms with van der Waals surface area (Å²) in [6, 6.07) is 17.0. The first-order valence-corrected chi connectivity index (χ1v) is 9.31. The van der Waals surface area contributed by atoms with Crippen LogP contribution < -0.4 is 0 Å². The maximum Gasteiger partial charge on any atom is 0.271 e. The second-order valence-corrected chi connectivity index (χ2v) is 7.32. The van der Waals surface area contributed by atoms with Crippen LogP contribution in [0.25, 0.3) is 12.2 Å². The van der Waals surface area contributed by atoms with Crippen LogP contribution in [0.2, 0.25) is 0 Å². The number of amides is 2. The molecule has 1 aliphatic rings. The van der Waals surface area contributed by atoms with Crippen molar-refractivity contribution < 1.29 is 9.59 Å². The molecule has 5 nitrogen and oxygen atoms in total. The van der Waals surface area contributed by atoms with Gasteiger partial charge in [0, 0.05) is 26.1 Å². The topological polar surface area (TPSA) is 64.4 Å². The van der Waals surface area contributed by atoms with Gasteiger partial charge in [0.15, 0.2) is 0 Å². The van der Waals surface area contributed by atoms with Crippen molar-refractivity contribution in [1.29, 1.82) is 5.26 Å². The normalized spacial score (nSPS) is 20.7. The Morgan fingerprint density at radius 1 is 1.10 bits per heavy atom. The van der Waals surface area contributed by atoms with E-state index >= 15 is 0 Å². The van der Waals surface area contributed by atoms with E-state index in [1.807, 2.05) is 36.4 Å². The van der Waals surface area contributed by atoms with Crippen molar-refractivity contribution in [1.82, 2.24) is 9.80 Å². The average Bonchev–Trinajstić information content (AvgIpc) is 2.74. The molecule has 146 valence electrons. The molecule has 29 heavy (non-hydrogen) atoms. The minimum Gasteiger partial charge on any atom is -0.326 e. The van der Waals surface area contributed by atoms with Crippen molar-refractivity contribution in [3.8, 4) is 6.07 Å². The van der Waals surface area contributed by atoms with E-state index in [1.165, 1.54) is 9.80 Å². The smallest absolute Gasteiger partial charge is 0.271 e. The Labute approximate surface area is 171 Å². The molecule has 1 heterocycles. The molecule has 1 unspecified atom stereocenters. The third-order valence-electron chi connectivity index (χ3n) is 5.54. The summed E-state index contributed by atoms with van der Waals surface area (Å²) in [6.45, 7) is 5.57. The predicted octanol–water partition coefficient (Wildman–Crippen LogP) is 3.47. The summed E-state index contributed by atoms with van der Waals surface area (Å²) in [5.74, 6) is -0.447. The second-order valence-electron chi connectivity index (χ2n) is 7.32. The fraction of sp³-hybridized carbons (Fsp3) is 0.208. The number of carbonyl (C=O) groups excluding carboxylic acids is 2. The van der Waals surface area contributed by atoms with Crippen LogP contribution in [-0.4, -0.2) is 41.2 Å².